The quantitative estimate of drug-likeness (QED) is 0.674. The Morgan fingerprint density at radius 2 is 2.05 bits per heavy atom. The minimum Gasteiger partial charge on any atom is -0.480 e. The van der Waals surface area contributed by atoms with E-state index in [-0.39, 0.29) is 19.1 Å². The van der Waals surface area contributed by atoms with Crippen molar-refractivity contribution in [2.75, 3.05) is 13.1 Å². The Morgan fingerprint density at radius 1 is 1.33 bits per heavy atom. The van der Waals surface area contributed by atoms with E-state index in [2.05, 4.69) is 10.6 Å². The monoisotopic (exact) mass is 297 g/mol. The summed E-state index contributed by atoms with van der Waals surface area (Å²) in [5, 5.41) is 13.6. The van der Waals surface area contributed by atoms with Crippen LogP contribution in [0.3, 0.4) is 0 Å². The molecule has 21 heavy (non-hydrogen) atoms. The lowest BCUT2D eigenvalue weighted by molar-refractivity contribution is -0.145. The molecule has 8 heteroatoms. The van der Waals surface area contributed by atoms with E-state index in [0.717, 1.165) is 0 Å². The summed E-state index contributed by atoms with van der Waals surface area (Å²) in [6.07, 6.45) is 1.49. The molecule has 3 N–H and O–H groups in total. The first-order chi connectivity index (χ1) is 9.90. The zero-order valence-electron chi connectivity index (χ0n) is 12.0. The fraction of sp³-hybridized carbons (Fsp3) is 0.462. The highest BCUT2D eigenvalue weighted by Crippen LogP contribution is 1.99. The van der Waals surface area contributed by atoms with Crippen LogP contribution < -0.4 is 10.6 Å². The number of carbonyl (C=O) groups excluding carboxylic acids is 2. The number of furan rings is 1. The second-order valence-corrected chi connectivity index (χ2v) is 4.62. The van der Waals surface area contributed by atoms with Crippen LogP contribution in [0.4, 0.5) is 4.79 Å². The minimum absolute atomic E-state index is 0.204. The molecule has 0 saturated heterocycles. The largest absolute Gasteiger partial charge is 0.480 e. The van der Waals surface area contributed by atoms with Gasteiger partial charge in [-0.3, -0.25) is 9.59 Å². The zero-order chi connectivity index (χ0) is 15.8. The summed E-state index contributed by atoms with van der Waals surface area (Å²) in [6.45, 7) is 2.95. The van der Waals surface area contributed by atoms with Crippen molar-refractivity contribution >= 4 is 17.9 Å². The van der Waals surface area contributed by atoms with Crippen LogP contribution in [0.5, 0.6) is 0 Å². The number of hydrogen-bond donors (Lipinski definition) is 3. The Bertz CT molecular complexity index is 484. The van der Waals surface area contributed by atoms with Crippen molar-refractivity contribution in [3.63, 3.8) is 0 Å². The van der Waals surface area contributed by atoms with Crippen LogP contribution in [-0.4, -0.2) is 47.0 Å². The van der Waals surface area contributed by atoms with Crippen molar-refractivity contribution < 1.29 is 23.9 Å². The molecule has 0 atom stereocenters. The molecule has 0 saturated carbocycles. The highest BCUT2D eigenvalue weighted by Gasteiger charge is 2.20. The Morgan fingerprint density at radius 3 is 2.57 bits per heavy atom. The number of carboxylic acids is 1. The van der Waals surface area contributed by atoms with Crippen LogP contribution >= 0.6 is 0 Å². The van der Waals surface area contributed by atoms with Crippen LogP contribution in [0.1, 0.15) is 19.6 Å². The lowest BCUT2D eigenvalue weighted by Crippen LogP contribution is -2.47. The first-order valence-corrected chi connectivity index (χ1v) is 6.45. The summed E-state index contributed by atoms with van der Waals surface area (Å²) < 4.78 is 5.04. The molecule has 0 aromatic carbocycles. The smallest absolute Gasteiger partial charge is 0.323 e. The van der Waals surface area contributed by atoms with Crippen LogP contribution in [0.2, 0.25) is 0 Å². The Kier molecular flexibility index (Phi) is 6.25. The molecule has 0 bridgehead atoms. The van der Waals surface area contributed by atoms with Crippen LogP contribution in [-0.2, 0) is 16.1 Å². The van der Waals surface area contributed by atoms with Gasteiger partial charge in [0.2, 0.25) is 5.91 Å². The average Bonchev–Trinajstić information content (AvgIpc) is 2.92. The number of carboxylic acid groups (broad SMARTS) is 1. The van der Waals surface area contributed by atoms with E-state index in [4.69, 9.17) is 9.52 Å². The van der Waals surface area contributed by atoms with Gasteiger partial charge in [0.1, 0.15) is 12.3 Å². The fourth-order valence-electron chi connectivity index (χ4n) is 1.60. The van der Waals surface area contributed by atoms with Crippen LogP contribution in [0, 0.1) is 0 Å². The van der Waals surface area contributed by atoms with Gasteiger partial charge in [0.25, 0.3) is 0 Å². The molecule has 1 heterocycles. The number of urea groups is 1. The van der Waals surface area contributed by atoms with Gasteiger partial charge in [-0.2, -0.15) is 0 Å². The van der Waals surface area contributed by atoms with Gasteiger partial charge in [-0.1, -0.05) is 0 Å². The normalized spacial score (nSPS) is 10.2. The van der Waals surface area contributed by atoms with Gasteiger partial charge in [-0.15, -0.1) is 0 Å². The standard InChI is InChI=1S/C13H19N3O5/c1-9(2)16(8-12(18)19)11(17)7-15-13(20)14-6-10-4-3-5-21-10/h3-5,9H,6-8H2,1-2H3,(H,18,19)(H2,14,15,20). The summed E-state index contributed by atoms with van der Waals surface area (Å²) in [5.74, 6) is -0.967. The van der Waals surface area contributed by atoms with Gasteiger partial charge in [-0.05, 0) is 26.0 Å². The lowest BCUT2D eigenvalue weighted by Gasteiger charge is -2.24. The molecule has 0 aliphatic heterocycles. The van der Waals surface area contributed by atoms with Crippen molar-refractivity contribution in [3.05, 3.63) is 24.2 Å². The maximum Gasteiger partial charge on any atom is 0.323 e. The summed E-state index contributed by atoms with van der Waals surface area (Å²) in [7, 11) is 0. The maximum atomic E-state index is 11.9. The molecule has 1 aromatic heterocycles. The van der Waals surface area contributed by atoms with Gasteiger partial charge in [0.15, 0.2) is 0 Å². The molecule has 116 valence electrons. The molecular weight excluding hydrogens is 278 g/mol. The number of nitrogens with one attached hydrogen (secondary N) is 2. The van der Waals surface area contributed by atoms with Crippen molar-refractivity contribution in [2.24, 2.45) is 0 Å². The third-order valence-electron chi connectivity index (χ3n) is 2.65. The SMILES string of the molecule is CC(C)N(CC(=O)O)C(=O)CNC(=O)NCc1ccco1. The van der Waals surface area contributed by atoms with Crippen LogP contribution in [0.25, 0.3) is 0 Å². The van der Waals surface area contributed by atoms with Gasteiger partial charge in [0, 0.05) is 6.04 Å². The summed E-state index contributed by atoms with van der Waals surface area (Å²) in [5.41, 5.74) is 0. The number of rotatable bonds is 7. The highest BCUT2D eigenvalue weighted by molar-refractivity contribution is 5.86. The van der Waals surface area contributed by atoms with E-state index in [1.54, 1.807) is 26.0 Å². The van der Waals surface area contributed by atoms with Gasteiger partial charge >= 0.3 is 12.0 Å². The summed E-state index contributed by atoms with van der Waals surface area (Å²) >= 11 is 0. The Balaban J connectivity index is 2.36. The molecule has 0 fully saturated rings. The van der Waals surface area contributed by atoms with E-state index in [1.165, 1.54) is 11.2 Å². The van der Waals surface area contributed by atoms with Crippen molar-refractivity contribution in [2.45, 2.75) is 26.4 Å². The number of hydrogen-bond acceptors (Lipinski definition) is 4. The first kappa shape index (κ1) is 16.5. The number of carbonyl (C=O) groups is 3. The average molecular weight is 297 g/mol. The summed E-state index contributed by atoms with van der Waals surface area (Å²) in [4.78, 5) is 35.2. The van der Waals surface area contributed by atoms with Crippen LogP contribution in [0.15, 0.2) is 22.8 Å². The number of aliphatic carboxylic acids is 1. The molecule has 1 rings (SSSR count). The molecule has 3 amide bonds. The molecule has 8 nitrogen and oxygen atoms in total. The topological polar surface area (TPSA) is 112 Å². The van der Waals surface area contributed by atoms with Gasteiger partial charge < -0.3 is 25.1 Å². The van der Waals surface area contributed by atoms with Crippen molar-refractivity contribution in [1.82, 2.24) is 15.5 Å². The van der Waals surface area contributed by atoms with E-state index < -0.39 is 24.5 Å². The molecule has 1 aromatic rings. The van der Waals surface area contributed by atoms with E-state index in [1.807, 2.05) is 0 Å². The lowest BCUT2D eigenvalue weighted by atomic mass is 10.3. The second-order valence-electron chi connectivity index (χ2n) is 4.62. The van der Waals surface area contributed by atoms with E-state index in [0.29, 0.717) is 5.76 Å². The van der Waals surface area contributed by atoms with Crippen molar-refractivity contribution in [1.29, 1.82) is 0 Å². The fourth-order valence-corrected chi connectivity index (χ4v) is 1.60. The minimum atomic E-state index is -1.10. The van der Waals surface area contributed by atoms with Crippen molar-refractivity contribution in [3.8, 4) is 0 Å². The van der Waals surface area contributed by atoms with Gasteiger partial charge in [0.05, 0.1) is 19.4 Å². The zero-order valence-corrected chi connectivity index (χ0v) is 12.0. The van der Waals surface area contributed by atoms with E-state index >= 15 is 0 Å². The Hall–Kier alpha value is -2.51. The third kappa shape index (κ3) is 5.98. The first-order valence-electron chi connectivity index (χ1n) is 6.45. The predicted octanol–water partition coefficient (Wildman–Crippen LogP) is 0.400. The van der Waals surface area contributed by atoms with Gasteiger partial charge in [-0.25, -0.2) is 4.79 Å². The molecule has 0 aliphatic rings. The molecule has 0 unspecified atom stereocenters. The molecular formula is C13H19N3O5. The molecule has 0 spiro atoms. The Labute approximate surface area is 122 Å². The molecule has 0 aliphatic carbocycles. The maximum absolute atomic E-state index is 11.9. The van der Waals surface area contributed by atoms with E-state index in [9.17, 15) is 14.4 Å². The second kappa shape index (κ2) is 7.93. The number of amides is 3. The third-order valence-corrected chi connectivity index (χ3v) is 2.65. The number of nitrogens with zero attached hydrogens (tertiary/aromatic N) is 1. The predicted molar refractivity (Wildman–Crippen MR) is 73.4 cm³/mol. The molecule has 0 radical (unpaired) electrons. The highest BCUT2D eigenvalue weighted by atomic mass is 16.4. The summed E-state index contributed by atoms with van der Waals surface area (Å²) in [6, 6.07) is 2.62.